The fraction of sp³-hybridized carbons (Fsp3) is 0.240. The summed E-state index contributed by atoms with van der Waals surface area (Å²) in [4.78, 5) is 25.0. The zero-order valence-corrected chi connectivity index (χ0v) is 18.3. The van der Waals surface area contributed by atoms with E-state index in [1.165, 1.54) is 22.5 Å². The third kappa shape index (κ3) is 5.48. The molecule has 0 unspecified atom stereocenters. The van der Waals surface area contributed by atoms with Crippen LogP contribution in [0.3, 0.4) is 0 Å². The van der Waals surface area contributed by atoms with Crippen LogP contribution in [0, 0.1) is 0 Å². The molecule has 3 rings (SSSR count). The molecule has 0 bridgehead atoms. The molecular formula is C25H27N3O3. The van der Waals surface area contributed by atoms with Crippen LogP contribution >= 0.6 is 0 Å². The van der Waals surface area contributed by atoms with Crippen molar-refractivity contribution < 1.29 is 14.3 Å². The first kappa shape index (κ1) is 22.0. The van der Waals surface area contributed by atoms with Crippen LogP contribution in [0.5, 0.6) is 0 Å². The monoisotopic (exact) mass is 417 g/mol. The molecule has 1 heterocycles. The maximum atomic E-state index is 12.6. The molecule has 6 nitrogen and oxygen atoms in total. The molecule has 0 atom stereocenters. The summed E-state index contributed by atoms with van der Waals surface area (Å²) in [6.45, 7) is 8.42. The summed E-state index contributed by atoms with van der Waals surface area (Å²) < 4.78 is 6.62. The van der Waals surface area contributed by atoms with Gasteiger partial charge in [0.1, 0.15) is 5.56 Å². The highest BCUT2D eigenvalue weighted by molar-refractivity contribution is 6.05. The average Bonchev–Trinajstić information content (AvgIpc) is 3.16. The molecule has 0 saturated heterocycles. The number of amides is 1. The molecule has 0 aliphatic carbocycles. The molecule has 0 aliphatic rings. The average molecular weight is 418 g/mol. The van der Waals surface area contributed by atoms with Crippen LogP contribution < -0.4 is 5.32 Å². The predicted molar refractivity (Wildman–Crippen MR) is 122 cm³/mol. The van der Waals surface area contributed by atoms with Crippen LogP contribution in [-0.2, 0) is 14.9 Å². The molecule has 1 aromatic heterocycles. The summed E-state index contributed by atoms with van der Waals surface area (Å²) in [6.07, 6.45) is 4.56. The van der Waals surface area contributed by atoms with E-state index in [1.807, 2.05) is 42.5 Å². The lowest BCUT2D eigenvalue weighted by atomic mass is 9.87. The third-order valence-corrected chi connectivity index (χ3v) is 4.71. The molecule has 1 amide bonds. The van der Waals surface area contributed by atoms with E-state index in [-0.39, 0.29) is 29.3 Å². The van der Waals surface area contributed by atoms with Gasteiger partial charge in [-0.1, -0.05) is 63.2 Å². The van der Waals surface area contributed by atoms with Crippen LogP contribution in [-0.4, -0.2) is 28.3 Å². The van der Waals surface area contributed by atoms with E-state index in [4.69, 9.17) is 4.74 Å². The van der Waals surface area contributed by atoms with Gasteiger partial charge in [0.25, 0.3) is 0 Å². The van der Waals surface area contributed by atoms with Crippen molar-refractivity contribution in [2.24, 2.45) is 0 Å². The van der Waals surface area contributed by atoms with Crippen molar-refractivity contribution in [2.75, 3.05) is 11.9 Å². The first-order valence-corrected chi connectivity index (χ1v) is 10.2. The Hall–Kier alpha value is -3.67. The van der Waals surface area contributed by atoms with Crippen molar-refractivity contribution in [2.45, 2.75) is 33.1 Å². The molecule has 0 radical (unpaired) electrons. The lowest BCUT2D eigenvalue weighted by Crippen LogP contribution is -2.16. The first-order chi connectivity index (χ1) is 14.8. The number of nitrogens with zero attached hydrogens (tertiary/aromatic N) is 2. The smallest absolute Gasteiger partial charge is 0.343 e. The molecule has 160 valence electrons. The van der Waals surface area contributed by atoms with Gasteiger partial charge in [-0.3, -0.25) is 4.79 Å². The van der Waals surface area contributed by atoms with Crippen molar-refractivity contribution in [3.63, 3.8) is 0 Å². The largest absolute Gasteiger partial charge is 0.462 e. The van der Waals surface area contributed by atoms with Gasteiger partial charge >= 0.3 is 5.97 Å². The molecular weight excluding hydrogens is 390 g/mol. The summed E-state index contributed by atoms with van der Waals surface area (Å²) >= 11 is 0. The lowest BCUT2D eigenvalue weighted by molar-refractivity contribution is -0.111. The van der Waals surface area contributed by atoms with Gasteiger partial charge in [0, 0.05) is 6.08 Å². The Bertz CT molecular complexity index is 1080. The Morgan fingerprint density at radius 1 is 1.06 bits per heavy atom. The molecule has 3 aromatic rings. The van der Waals surface area contributed by atoms with Crippen LogP contribution in [0.2, 0.25) is 0 Å². The Kier molecular flexibility index (Phi) is 6.70. The van der Waals surface area contributed by atoms with E-state index < -0.39 is 5.97 Å². The van der Waals surface area contributed by atoms with Crippen molar-refractivity contribution in [1.29, 1.82) is 0 Å². The Labute approximate surface area is 182 Å². The van der Waals surface area contributed by atoms with E-state index in [0.29, 0.717) is 0 Å². The number of nitrogens with one attached hydrogen (secondary N) is 1. The van der Waals surface area contributed by atoms with Crippen LogP contribution in [0.15, 0.2) is 66.9 Å². The second kappa shape index (κ2) is 9.43. The number of rotatable bonds is 6. The number of carbonyl (C=O) groups is 2. The predicted octanol–water partition coefficient (Wildman–Crippen LogP) is 5.00. The van der Waals surface area contributed by atoms with Gasteiger partial charge in [-0.2, -0.15) is 5.10 Å². The molecule has 1 N–H and O–H groups in total. The highest BCUT2D eigenvalue weighted by Gasteiger charge is 2.21. The minimum Gasteiger partial charge on any atom is -0.462 e. The summed E-state index contributed by atoms with van der Waals surface area (Å²) in [5, 5.41) is 7.05. The lowest BCUT2D eigenvalue weighted by Gasteiger charge is -2.18. The van der Waals surface area contributed by atoms with Gasteiger partial charge in [0.15, 0.2) is 5.82 Å². The van der Waals surface area contributed by atoms with Gasteiger partial charge in [-0.15, -0.1) is 0 Å². The minimum atomic E-state index is -0.540. The van der Waals surface area contributed by atoms with Crippen molar-refractivity contribution in [3.05, 3.63) is 83.6 Å². The Morgan fingerprint density at radius 3 is 2.35 bits per heavy atom. The molecule has 31 heavy (non-hydrogen) atoms. The number of anilines is 1. The van der Waals surface area contributed by atoms with Crippen LogP contribution in [0.4, 0.5) is 5.82 Å². The van der Waals surface area contributed by atoms with E-state index in [0.717, 1.165) is 11.3 Å². The second-order valence-electron chi connectivity index (χ2n) is 8.07. The quantitative estimate of drug-likeness (QED) is 0.453. The standard InChI is InChI=1S/C25H27N3O3/c1-5-31-24(30)21-17-26-28(20-9-7-6-8-10-20)23(21)27-22(29)16-13-18-11-14-19(15-12-18)25(2,3)4/h6-17H,5H2,1-4H3,(H,27,29). The number of para-hydroxylation sites is 1. The number of benzene rings is 2. The highest BCUT2D eigenvalue weighted by atomic mass is 16.5. The summed E-state index contributed by atoms with van der Waals surface area (Å²) in [5.74, 6) is -0.646. The molecule has 6 heteroatoms. The zero-order chi connectivity index (χ0) is 22.4. The van der Waals surface area contributed by atoms with E-state index in [9.17, 15) is 9.59 Å². The van der Waals surface area contributed by atoms with E-state index >= 15 is 0 Å². The number of esters is 1. The molecule has 0 aliphatic heterocycles. The van der Waals surface area contributed by atoms with Crippen LogP contribution in [0.25, 0.3) is 11.8 Å². The maximum Gasteiger partial charge on any atom is 0.343 e. The summed E-state index contributed by atoms with van der Waals surface area (Å²) in [6, 6.07) is 17.3. The fourth-order valence-corrected chi connectivity index (χ4v) is 3.02. The number of aromatic nitrogens is 2. The molecule has 0 spiro atoms. The second-order valence-corrected chi connectivity index (χ2v) is 8.07. The minimum absolute atomic E-state index is 0.0684. The van der Waals surface area contributed by atoms with Crippen LogP contribution in [0.1, 0.15) is 49.2 Å². The van der Waals surface area contributed by atoms with Gasteiger partial charge in [-0.05, 0) is 41.7 Å². The first-order valence-electron chi connectivity index (χ1n) is 10.2. The van der Waals surface area contributed by atoms with Gasteiger partial charge in [0.2, 0.25) is 5.91 Å². The molecule has 0 fully saturated rings. The van der Waals surface area contributed by atoms with Crippen molar-refractivity contribution >= 4 is 23.8 Å². The van der Waals surface area contributed by atoms with E-state index in [2.05, 4.69) is 43.3 Å². The highest BCUT2D eigenvalue weighted by Crippen LogP contribution is 2.23. The third-order valence-electron chi connectivity index (χ3n) is 4.71. The van der Waals surface area contributed by atoms with Gasteiger partial charge in [-0.25, -0.2) is 9.48 Å². The number of hydrogen-bond donors (Lipinski definition) is 1. The van der Waals surface area contributed by atoms with Gasteiger partial charge in [0.05, 0.1) is 18.5 Å². The Balaban J connectivity index is 1.83. The number of carbonyl (C=O) groups excluding carboxylic acids is 2. The zero-order valence-electron chi connectivity index (χ0n) is 18.3. The van der Waals surface area contributed by atoms with Crippen molar-refractivity contribution in [3.8, 4) is 5.69 Å². The molecule has 2 aromatic carbocycles. The van der Waals surface area contributed by atoms with Gasteiger partial charge < -0.3 is 10.1 Å². The molecule has 0 saturated carbocycles. The fourth-order valence-electron chi connectivity index (χ4n) is 3.02. The maximum absolute atomic E-state index is 12.6. The normalized spacial score (nSPS) is 11.5. The topological polar surface area (TPSA) is 73.2 Å². The van der Waals surface area contributed by atoms with E-state index in [1.54, 1.807) is 13.0 Å². The summed E-state index contributed by atoms with van der Waals surface area (Å²) in [5.41, 5.74) is 3.11. The van der Waals surface area contributed by atoms with Crippen molar-refractivity contribution in [1.82, 2.24) is 9.78 Å². The Morgan fingerprint density at radius 2 is 1.74 bits per heavy atom. The SMILES string of the molecule is CCOC(=O)c1cnn(-c2ccccc2)c1NC(=O)C=Cc1ccc(C(C)(C)C)cc1. The summed E-state index contributed by atoms with van der Waals surface area (Å²) in [7, 11) is 0. The number of ether oxygens (including phenoxy) is 1. The number of hydrogen-bond acceptors (Lipinski definition) is 4.